The second kappa shape index (κ2) is 7.04. The third-order valence-electron chi connectivity index (χ3n) is 6.06. The maximum Gasteiger partial charge on any atom is 0.534 e. The van der Waals surface area contributed by atoms with Crippen molar-refractivity contribution in [3.05, 3.63) is 85.1 Å². The van der Waals surface area contributed by atoms with E-state index in [4.69, 9.17) is 0 Å². The molecule has 0 amide bonds. The summed E-state index contributed by atoms with van der Waals surface area (Å²) >= 11 is 0. The first-order valence-electron chi connectivity index (χ1n) is 10.3. The summed E-state index contributed by atoms with van der Waals surface area (Å²) in [6.45, 7) is 0. The van der Waals surface area contributed by atoms with Gasteiger partial charge >= 0.3 is 15.6 Å². The molecule has 1 aromatic heterocycles. The van der Waals surface area contributed by atoms with Crippen LogP contribution in [0.4, 0.5) is 13.2 Å². The van der Waals surface area contributed by atoms with Crippen LogP contribution >= 0.6 is 0 Å². The highest BCUT2D eigenvalue weighted by molar-refractivity contribution is 7.88. The van der Waals surface area contributed by atoms with Gasteiger partial charge in [-0.1, -0.05) is 72.8 Å². The summed E-state index contributed by atoms with van der Waals surface area (Å²) in [6.07, 6.45) is 1.27. The molecular weight excluding hydrogens is 463 g/mol. The number of hydrogen-bond donors (Lipinski definition) is 0. The summed E-state index contributed by atoms with van der Waals surface area (Å²) in [7, 11) is -5.90. The fraction of sp³-hybridized carbons (Fsp3) is 0.0385. The number of fused-ring (bicyclic) bond motifs is 11. The molecule has 0 N–H and O–H groups in total. The van der Waals surface area contributed by atoms with E-state index in [0.29, 0.717) is 10.8 Å². The van der Waals surface area contributed by atoms with Gasteiger partial charge in [0.15, 0.2) is 0 Å². The van der Waals surface area contributed by atoms with Gasteiger partial charge in [0.25, 0.3) is 0 Å². The molecule has 1 heterocycles. The summed E-state index contributed by atoms with van der Waals surface area (Å²) in [5, 5.41) is 7.67. The lowest BCUT2D eigenvalue weighted by Gasteiger charge is -2.17. The molecule has 6 aromatic rings. The van der Waals surface area contributed by atoms with Crippen LogP contribution in [0.15, 0.2) is 85.1 Å². The van der Waals surface area contributed by atoms with Gasteiger partial charge in [0.1, 0.15) is 0 Å². The first-order valence-corrected chi connectivity index (χ1v) is 11.7. The van der Waals surface area contributed by atoms with Crippen LogP contribution in [-0.4, -0.2) is 18.9 Å². The summed E-state index contributed by atoms with van der Waals surface area (Å²) in [5.41, 5.74) is -5.58. The molecule has 0 fully saturated rings. The Kier molecular flexibility index (Phi) is 4.28. The second-order valence-electron chi connectivity index (χ2n) is 7.91. The molecule has 0 aliphatic rings. The van der Waals surface area contributed by atoms with Crippen LogP contribution < -0.4 is 4.18 Å². The number of benzene rings is 5. The average Bonchev–Trinajstić information content (AvgIpc) is 2.83. The van der Waals surface area contributed by atoms with Crippen molar-refractivity contribution < 1.29 is 25.8 Å². The molecule has 34 heavy (non-hydrogen) atoms. The van der Waals surface area contributed by atoms with Crippen LogP contribution in [0, 0.1) is 0 Å². The van der Waals surface area contributed by atoms with Crippen molar-refractivity contribution in [2.75, 3.05) is 0 Å². The minimum Gasteiger partial charge on any atom is -0.355 e. The number of aromatic nitrogens is 1. The van der Waals surface area contributed by atoms with Gasteiger partial charge in [0.05, 0.1) is 5.39 Å². The fourth-order valence-electron chi connectivity index (χ4n) is 4.75. The Labute approximate surface area is 191 Å². The van der Waals surface area contributed by atoms with E-state index in [2.05, 4.69) is 9.17 Å². The van der Waals surface area contributed by atoms with E-state index in [-0.39, 0.29) is 5.39 Å². The third-order valence-corrected chi connectivity index (χ3v) is 7.00. The highest BCUT2D eigenvalue weighted by Crippen LogP contribution is 2.45. The number of hydrogen-bond acceptors (Lipinski definition) is 4. The zero-order chi connectivity index (χ0) is 23.7. The van der Waals surface area contributed by atoms with E-state index < -0.39 is 21.5 Å². The van der Waals surface area contributed by atoms with Crippen molar-refractivity contribution in [2.24, 2.45) is 0 Å². The highest BCUT2D eigenvalue weighted by Gasteiger charge is 2.49. The van der Waals surface area contributed by atoms with Crippen molar-refractivity contribution in [2.45, 2.75) is 5.51 Å². The molecule has 0 aliphatic heterocycles. The molecule has 0 unspecified atom stereocenters. The quantitative estimate of drug-likeness (QED) is 0.152. The van der Waals surface area contributed by atoms with Gasteiger partial charge in [0, 0.05) is 6.20 Å². The summed E-state index contributed by atoms with van der Waals surface area (Å²) in [5.74, 6) is -0.606. The normalized spacial score (nSPS) is 12.8. The number of nitrogens with zero attached hydrogens (tertiary/aromatic N) is 1. The van der Waals surface area contributed by atoms with Gasteiger partial charge in [-0.15, -0.1) is 0 Å². The molecule has 0 aliphatic carbocycles. The lowest BCUT2D eigenvalue weighted by atomic mass is 9.88. The predicted molar refractivity (Wildman–Crippen MR) is 127 cm³/mol. The van der Waals surface area contributed by atoms with Gasteiger partial charge in [-0.2, -0.15) is 21.6 Å². The summed E-state index contributed by atoms with van der Waals surface area (Å²) < 4.78 is 67.7. The van der Waals surface area contributed by atoms with Crippen LogP contribution in [0.3, 0.4) is 0 Å². The summed E-state index contributed by atoms with van der Waals surface area (Å²) in [4.78, 5) is 3.90. The second-order valence-corrected chi connectivity index (χ2v) is 9.45. The van der Waals surface area contributed by atoms with Crippen LogP contribution in [-0.2, 0) is 10.1 Å². The molecule has 0 atom stereocenters. The Balaban J connectivity index is 1.91. The number of rotatable bonds is 2. The largest absolute Gasteiger partial charge is 0.534 e. The van der Waals surface area contributed by atoms with E-state index in [0.717, 1.165) is 37.7 Å². The van der Waals surface area contributed by atoms with Crippen molar-refractivity contribution in [1.29, 1.82) is 0 Å². The molecular formula is C26H14F3NO3S. The Morgan fingerprint density at radius 2 is 1.00 bits per heavy atom. The van der Waals surface area contributed by atoms with Gasteiger partial charge in [0.2, 0.25) is 5.88 Å². The third kappa shape index (κ3) is 2.85. The number of halogens is 3. The van der Waals surface area contributed by atoms with Crippen molar-refractivity contribution >= 4 is 64.0 Å². The van der Waals surface area contributed by atoms with E-state index >= 15 is 0 Å². The zero-order valence-corrected chi connectivity index (χ0v) is 18.1. The van der Waals surface area contributed by atoms with E-state index in [1.165, 1.54) is 6.20 Å². The topological polar surface area (TPSA) is 56.3 Å². The summed E-state index contributed by atoms with van der Waals surface area (Å²) in [6, 6.07) is 24.6. The van der Waals surface area contributed by atoms with Crippen LogP contribution in [0.1, 0.15) is 0 Å². The van der Waals surface area contributed by atoms with Crippen molar-refractivity contribution in [3.8, 4) is 5.88 Å². The van der Waals surface area contributed by atoms with Gasteiger partial charge in [-0.25, -0.2) is 4.98 Å². The SMILES string of the molecule is O=S(=O)(Oc1nccc2c1c1ccccc1c1c3ccccc3c3ccccc3c21)C(F)(F)F. The molecule has 168 valence electrons. The van der Waals surface area contributed by atoms with Crippen LogP contribution in [0.25, 0.3) is 53.9 Å². The van der Waals surface area contributed by atoms with Crippen LogP contribution in [0.2, 0.25) is 0 Å². The fourth-order valence-corrected chi connectivity index (χ4v) is 5.17. The molecule has 0 saturated heterocycles. The molecule has 5 aromatic carbocycles. The van der Waals surface area contributed by atoms with Crippen molar-refractivity contribution in [3.63, 3.8) is 0 Å². The Morgan fingerprint density at radius 3 is 1.50 bits per heavy atom. The molecule has 4 nitrogen and oxygen atoms in total. The standard InChI is InChI=1S/C26H14F3NO3S/c27-26(28,29)34(31,32)33-25-24-20-12-6-5-11-19(20)22-17-9-3-1-7-15(17)16-8-2-4-10-18(16)23(22)21(24)13-14-30-25/h1-14H. The number of pyridine rings is 1. The Hall–Kier alpha value is -3.91. The molecule has 6 rings (SSSR count). The first-order chi connectivity index (χ1) is 16.3. The van der Waals surface area contributed by atoms with Crippen LogP contribution in [0.5, 0.6) is 5.88 Å². The Bertz CT molecular complexity index is 1900. The monoisotopic (exact) mass is 477 g/mol. The smallest absolute Gasteiger partial charge is 0.355 e. The maximum atomic E-state index is 13.1. The zero-order valence-electron chi connectivity index (χ0n) is 17.3. The minimum absolute atomic E-state index is 0.207. The van der Waals surface area contributed by atoms with Gasteiger partial charge in [-0.3, -0.25) is 0 Å². The van der Waals surface area contributed by atoms with Gasteiger partial charge in [-0.05, 0) is 54.5 Å². The average molecular weight is 477 g/mol. The molecule has 8 heteroatoms. The molecule has 0 bridgehead atoms. The molecule has 0 spiro atoms. The van der Waals surface area contributed by atoms with E-state index in [9.17, 15) is 21.6 Å². The lowest BCUT2D eigenvalue weighted by molar-refractivity contribution is -0.0500. The lowest BCUT2D eigenvalue weighted by Crippen LogP contribution is -2.28. The predicted octanol–water partition coefficient (Wildman–Crippen LogP) is 7.08. The highest BCUT2D eigenvalue weighted by atomic mass is 32.2. The Morgan fingerprint density at radius 1 is 0.588 bits per heavy atom. The molecule has 0 radical (unpaired) electrons. The molecule has 0 saturated carbocycles. The van der Waals surface area contributed by atoms with Crippen molar-refractivity contribution in [1.82, 2.24) is 4.98 Å². The van der Waals surface area contributed by atoms with Gasteiger partial charge < -0.3 is 4.18 Å². The van der Waals surface area contributed by atoms with E-state index in [1.54, 1.807) is 18.2 Å². The number of alkyl halides is 3. The minimum atomic E-state index is -5.90. The van der Waals surface area contributed by atoms with E-state index in [1.807, 2.05) is 60.7 Å². The first kappa shape index (κ1) is 20.7. The maximum absolute atomic E-state index is 13.1.